The van der Waals surface area contributed by atoms with Crippen LogP contribution in [0.5, 0.6) is 11.5 Å². The second kappa shape index (κ2) is 12.0. The van der Waals surface area contributed by atoms with Crippen molar-refractivity contribution < 1.29 is 23.6 Å². The average Bonchev–Trinajstić information content (AvgIpc) is 2.88. The zero-order valence-electron chi connectivity index (χ0n) is 20.1. The molecule has 190 valence electrons. The molecule has 1 saturated heterocycles. The maximum Gasteiger partial charge on any atom is 0.239 e. The second-order valence-electron chi connectivity index (χ2n) is 9.12. The van der Waals surface area contributed by atoms with Crippen LogP contribution in [0.25, 0.3) is 0 Å². The highest BCUT2D eigenvalue weighted by molar-refractivity contribution is 7.85. The molecule has 0 radical (unpaired) electrons. The molecular weight excluding hydrogens is 466 g/mol. The first-order valence-corrected chi connectivity index (χ1v) is 13.6. The molecule has 35 heavy (non-hydrogen) atoms. The maximum absolute atomic E-state index is 12.3. The minimum absolute atomic E-state index is 0.227. The molecule has 0 aliphatic carbocycles. The van der Waals surface area contributed by atoms with Gasteiger partial charge in [0, 0.05) is 36.3 Å². The lowest BCUT2D eigenvalue weighted by Gasteiger charge is -2.37. The van der Waals surface area contributed by atoms with Gasteiger partial charge in [-0.15, -0.1) is 0 Å². The number of carbonyl (C=O) groups is 1. The number of likely N-dealkylation sites (tertiary alicyclic amines) is 1. The Morgan fingerprint density at radius 3 is 2.51 bits per heavy atom. The summed E-state index contributed by atoms with van der Waals surface area (Å²) in [4.78, 5) is 15.2. The Balaban J connectivity index is 1.27. The number of piperidine rings is 1. The number of aliphatic hydroxyl groups is 1. The van der Waals surface area contributed by atoms with Crippen LogP contribution in [-0.2, 0) is 15.6 Å². The van der Waals surface area contributed by atoms with Gasteiger partial charge < -0.3 is 25.6 Å². The lowest BCUT2D eigenvalue weighted by atomic mass is 9.98. The number of hydrogen-bond donors (Lipinski definition) is 3. The molecule has 0 bridgehead atoms. The molecule has 1 amide bonds. The maximum atomic E-state index is 12.3. The summed E-state index contributed by atoms with van der Waals surface area (Å²) in [6, 6.07) is 14.6. The minimum Gasteiger partial charge on any atom is -0.486 e. The van der Waals surface area contributed by atoms with E-state index >= 15 is 0 Å². The zero-order chi connectivity index (χ0) is 24.8. The van der Waals surface area contributed by atoms with E-state index in [0.29, 0.717) is 43.5 Å². The molecule has 4 unspecified atom stereocenters. The van der Waals surface area contributed by atoms with E-state index in [2.05, 4.69) is 10.2 Å². The largest absolute Gasteiger partial charge is 0.486 e. The first kappa shape index (κ1) is 25.6. The molecule has 2 heterocycles. The fourth-order valence-corrected chi connectivity index (χ4v) is 5.71. The van der Waals surface area contributed by atoms with Crippen molar-refractivity contribution in [2.45, 2.75) is 55.4 Å². The quantitative estimate of drug-likeness (QED) is 0.456. The van der Waals surface area contributed by atoms with Gasteiger partial charge in [-0.05, 0) is 49.1 Å². The van der Waals surface area contributed by atoms with E-state index in [1.54, 1.807) is 0 Å². The van der Waals surface area contributed by atoms with Crippen LogP contribution in [-0.4, -0.2) is 70.4 Å². The van der Waals surface area contributed by atoms with Gasteiger partial charge in [-0.1, -0.05) is 31.2 Å². The molecular formula is C26H35N3O5S. The van der Waals surface area contributed by atoms with Gasteiger partial charge in [-0.25, -0.2) is 0 Å². The zero-order valence-corrected chi connectivity index (χ0v) is 20.9. The molecule has 1 fully saturated rings. The summed E-state index contributed by atoms with van der Waals surface area (Å²) < 4.78 is 23.8. The fraction of sp³-hybridized carbons (Fsp3) is 0.500. The average molecular weight is 502 g/mol. The van der Waals surface area contributed by atoms with Crippen molar-refractivity contribution >= 4 is 16.7 Å². The smallest absolute Gasteiger partial charge is 0.239 e. The van der Waals surface area contributed by atoms with Crippen molar-refractivity contribution in [2.75, 3.05) is 32.0 Å². The van der Waals surface area contributed by atoms with Crippen molar-refractivity contribution in [3.8, 4) is 11.5 Å². The van der Waals surface area contributed by atoms with Crippen LogP contribution in [0.1, 0.15) is 37.8 Å². The van der Waals surface area contributed by atoms with Crippen LogP contribution in [0.4, 0.5) is 0 Å². The highest BCUT2D eigenvalue weighted by Crippen LogP contribution is 2.31. The summed E-state index contributed by atoms with van der Waals surface area (Å²) in [5, 5.41) is 14.1. The number of amides is 1. The summed E-state index contributed by atoms with van der Waals surface area (Å²) in [6.45, 7) is 4.13. The molecule has 2 aromatic rings. The molecule has 2 aromatic carbocycles. The Bertz CT molecular complexity index is 1010. The van der Waals surface area contributed by atoms with Crippen molar-refractivity contribution in [3.05, 3.63) is 54.1 Å². The first-order chi connectivity index (χ1) is 17.0. The SMILES string of the molecule is CCCS(=O)c1ccc(C(C(N)=O)N2CCC(NCC(O)C3COc4ccccc4O3)CC2)cc1. The summed E-state index contributed by atoms with van der Waals surface area (Å²) in [6.07, 6.45) is 1.40. The third-order valence-electron chi connectivity index (χ3n) is 6.59. The number of ether oxygens (including phenoxy) is 2. The fourth-order valence-electron chi connectivity index (χ4n) is 4.67. The number of carbonyl (C=O) groups excluding carboxylic acids is 1. The van der Waals surface area contributed by atoms with Crippen molar-refractivity contribution in [1.82, 2.24) is 10.2 Å². The molecule has 4 rings (SSSR count). The van der Waals surface area contributed by atoms with E-state index in [1.165, 1.54) is 0 Å². The molecule has 2 aliphatic rings. The number of primary amides is 1. The molecule has 9 heteroatoms. The number of aliphatic hydroxyl groups excluding tert-OH is 1. The molecule has 0 spiro atoms. The number of nitrogens with zero attached hydrogens (tertiary/aromatic N) is 1. The van der Waals surface area contributed by atoms with Gasteiger partial charge >= 0.3 is 0 Å². The Hall–Kier alpha value is -2.46. The number of nitrogens with two attached hydrogens (primary N) is 1. The molecule has 8 nitrogen and oxygen atoms in total. The predicted octanol–water partition coefficient (Wildman–Crippen LogP) is 1.99. The lowest BCUT2D eigenvalue weighted by Crippen LogP contribution is -2.50. The monoisotopic (exact) mass is 501 g/mol. The van der Waals surface area contributed by atoms with E-state index in [4.69, 9.17) is 15.2 Å². The summed E-state index contributed by atoms with van der Waals surface area (Å²) >= 11 is 0. The van der Waals surface area contributed by atoms with Gasteiger partial charge in [0.05, 0.1) is 10.8 Å². The predicted molar refractivity (Wildman–Crippen MR) is 135 cm³/mol. The third kappa shape index (κ3) is 6.41. The summed E-state index contributed by atoms with van der Waals surface area (Å²) in [7, 11) is -1.02. The first-order valence-electron chi connectivity index (χ1n) is 12.3. The Morgan fingerprint density at radius 1 is 1.17 bits per heavy atom. The Morgan fingerprint density at radius 2 is 1.86 bits per heavy atom. The summed E-state index contributed by atoms with van der Waals surface area (Å²) in [5.41, 5.74) is 6.60. The van der Waals surface area contributed by atoms with Gasteiger partial charge in [-0.2, -0.15) is 0 Å². The van der Waals surface area contributed by atoms with Crippen LogP contribution < -0.4 is 20.5 Å². The van der Waals surface area contributed by atoms with E-state index in [9.17, 15) is 14.1 Å². The Labute approximate surface area is 209 Å². The number of fused-ring (bicyclic) bond motifs is 1. The van der Waals surface area contributed by atoms with Gasteiger partial charge in [0.15, 0.2) is 17.6 Å². The van der Waals surface area contributed by atoms with Crippen molar-refractivity contribution in [3.63, 3.8) is 0 Å². The second-order valence-corrected chi connectivity index (χ2v) is 10.7. The van der Waals surface area contributed by atoms with Crippen LogP contribution in [0, 0.1) is 0 Å². The number of hydrogen-bond acceptors (Lipinski definition) is 7. The standard InChI is InChI=1S/C26H35N3O5S/c1-2-15-35(32)20-9-7-18(8-10-20)25(26(27)31)29-13-11-19(12-14-29)28-16-21(30)24-17-33-22-5-3-4-6-23(22)34-24/h3-10,19,21,24-25,28,30H,2,11-17H2,1H3,(H2,27,31). The number of para-hydroxylation sites is 2. The van der Waals surface area contributed by atoms with Crippen molar-refractivity contribution in [2.24, 2.45) is 5.73 Å². The highest BCUT2D eigenvalue weighted by Gasteiger charge is 2.31. The van der Waals surface area contributed by atoms with E-state index in [0.717, 1.165) is 29.7 Å². The molecule has 0 saturated carbocycles. The molecule has 0 aromatic heterocycles. The molecule has 4 atom stereocenters. The van der Waals surface area contributed by atoms with E-state index in [-0.39, 0.29) is 11.9 Å². The molecule has 4 N–H and O–H groups in total. The van der Waals surface area contributed by atoms with Crippen LogP contribution >= 0.6 is 0 Å². The van der Waals surface area contributed by atoms with Crippen LogP contribution in [0.3, 0.4) is 0 Å². The van der Waals surface area contributed by atoms with Crippen molar-refractivity contribution in [1.29, 1.82) is 0 Å². The normalized spacial score (nSPS) is 21.3. The number of nitrogens with one attached hydrogen (secondary N) is 1. The van der Waals surface area contributed by atoms with E-state index < -0.39 is 29.0 Å². The Kier molecular flexibility index (Phi) is 8.78. The van der Waals surface area contributed by atoms with Crippen LogP contribution in [0.15, 0.2) is 53.4 Å². The van der Waals surface area contributed by atoms with Crippen LogP contribution in [0.2, 0.25) is 0 Å². The number of benzene rings is 2. The molecule has 2 aliphatic heterocycles. The van der Waals surface area contributed by atoms with Gasteiger partial charge in [0.25, 0.3) is 0 Å². The highest BCUT2D eigenvalue weighted by atomic mass is 32.2. The third-order valence-corrected chi connectivity index (χ3v) is 8.16. The van der Waals surface area contributed by atoms with Gasteiger partial charge in [-0.3, -0.25) is 13.9 Å². The van der Waals surface area contributed by atoms with Gasteiger partial charge in [0.1, 0.15) is 18.8 Å². The summed E-state index contributed by atoms with van der Waals surface area (Å²) in [5.74, 6) is 1.59. The lowest BCUT2D eigenvalue weighted by molar-refractivity contribution is -0.124. The topological polar surface area (TPSA) is 114 Å². The minimum atomic E-state index is -1.02. The number of rotatable bonds is 10. The van der Waals surface area contributed by atoms with E-state index in [1.807, 2.05) is 55.5 Å². The van der Waals surface area contributed by atoms with Gasteiger partial charge in [0.2, 0.25) is 5.91 Å².